The van der Waals surface area contributed by atoms with Gasteiger partial charge in [-0.2, -0.15) is 5.26 Å². The summed E-state index contributed by atoms with van der Waals surface area (Å²) in [5.41, 5.74) is 1.68. The molecule has 1 aromatic carbocycles. The normalized spacial score (nSPS) is 11.1. The Hall–Kier alpha value is -1.93. The van der Waals surface area contributed by atoms with Crippen molar-refractivity contribution in [3.05, 3.63) is 29.8 Å². The van der Waals surface area contributed by atoms with Gasteiger partial charge in [-0.25, -0.2) is 0 Å². The molecule has 1 unspecified atom stereocenters. The summed E-state index contributed by atoms with van der Waals surface area (Å²) in [5.74, 6) is 2.65. The monoisotopic (exact) mass is 198 g/mol. The molecular weight excluding hydrogens is 184 g/mol. The Morgan fingerprint density at radius 1 is 1.40 bits per heavy atom. The van der Waals surface area contributed by atoms with Crippen molar-refractivity contribution in [2.45, 2.75) is 25.8 Å². The van der Waals surface area contributed by atoms with E-state index in [0.717, 1.165) is 18.5 Å². The minimum Gasteiger partial charge on any atom is -0.381 e. The maximum Gasteiger partial charge on any atom is 0.0991 e. The third kappa shape index (κ3) is 3.37. The average Bonchev–Trinajstić information content (AvgIpc) is 2.29. The molecule has 1 N–H and O–H groups in total. The van der Waals surface area contributed by atoms with Crippen LogP contribution in [0, 0.1) is 23.7 Å². The summed E-state index contributed by atoms with van der Waals surface area (Å²) >= 11 is 0. The predicted octanol–water partition coefficient (Wildman–Crippen LogP) is 2.77. The van der Waals surface area contributed by atoms with Crippen LogP contribution in [0.3, 0.4) is 0 Å². The van der Waals surface area contributed by atoms with Crippen LogP contribution < -0.4 is 5.32 Å². The summed E-state index contributed by atoms with van der Waals surface area (Å²) in [6, 6.07) is 9.79. The van der Waals surface area contributed by atoms with E-state index in [9.17, 15) is 0 Å². The average molecular weight is 198 g/mol. The molecule has 0 aliphatic heterocycles. The van der Waals surface area contributed by atoms with Gasteiger partial charge >= 0.3 is 0 Å². The number of nitrogens with zero attached hydrogens (tertiary/aromatic N) is 1. The van der Waals surface area contributed by atoms with E-state index in [1.807, 2.05) is 12.1 Å². The zero-order valence-corrected chi connectivity index (χ0v) is 8.83. The largest absolute Gasteiger partial charge is 0.381 e. The summed E-state index contributed by atoms with van der Waals surface area (Å²) in [5, 5.41) is 12.0. The zero-order valence-electron chi connectivity index (χ0n) is 8.83. The Labute approximate surface area is 90.9 Å². The van der Waals surface area contributed by atoms with Gasteiger partial charge in [0.05, 0.1) is 11.6 Å². The number of terminal acetylenes is 1. The molecule has 0 heterocycles. The molecule has 0 saturated carbocycles. The van der Waals surface area contributed by atoms with Gasteiger partial charge in [0.2, 0.25) is 0 Å². The molecule has 1 rings (SSSR count). The van der Waals surface area contributed by atoms with Crippen molar-refractivity contribution in [1.82, 2.24) is 0 Å². The Morgan fingerprint density at radius 2 is 2.07 bits per heavy atom. The molecule has 0 aromatic heterocycles. The van der Waals surface area contributed by atoms with Crippen molar-refractivity contribution in [3.8, 4) is 18.4 Å². The first-order valence-corrected chi connectivity index (χ1v) is 5.00. The molecule has 0 aliphatic carbocycles. The van der Waals surface area contributed by atoms with Crippen LogP contribution >= 0.6 is 0 Å². The molecule has 0 fully saturated rings. The Bertz CT molecular complexity index is 378. The maximum absolute atomic E-state index is 8.64. The summed E-state index contributed by atoms with van der Waals surface area (Å²) in [6.45, 7) is 2.10. The topological polar surface area (TPSA) is 35.8 Å². The van der Waals surface area contributed by atoms with E-state index >= 15 is 0 Å². The van der Waals surface area contributed by atoms with Gasteiger partial charge in [-0.3, -0.25) is 0 Å². The van der Waals surface area contributed by atoms with Crippen molar-refractivity contribution < 1.29 is 0 Å². The van der Waals surface area contributed by atoms with Gasteiger partial charge in [0.15, 0.2) is 0 Å². The maximum atomic E-state index is 8.64. The van der Waals surface area contributed by atoms with Crippen LogP contribution in [0.2, 0.25) is 0 Å². The zero-order chi connectivity index (χ0) is 11.1. The summed E-state index contributed by atoms with van der Waals surface area (Å²) in [7, 11) is 0. The first kappa shape index (κ1) is 11.1. The van der Waals surface area contributed by atoms with Gasteiger partial charge in [0, 0.05) is 18.2 Å². The second-order valence-electron chi connectivity index (χ2n) is 3.35. The first-order chi connectivity index (χ1) is 7.30. The molecule has 0 saturated heterocycles. The molecule has 2 nitrogen and oxygen atoms in total. The lowest BCUT2D eigenvalue weighted by Gasteiger charge is -2.15. The standard InChI is InChI=1S/C13H14N2/c1-3-5-12(4-2)15-13-8-6-11(10-14)7-9-13/h1,6-9,12,15H,4-5H2,2H3. The predicted molar refractivity (Wildman–Crippen MR) is 62.3 cm³/mol. The smallest absolute Gasteiger partial charge is 0.0991 e. The SMILES string of the molecule is C#CCC(CC)Nc1ccc(C#N)cc1. The Balaban J connectivity index is 2.64. The van der Waals surface area contributed by atoms with E-state index in [0.29, 0.717) is 11.6 Å². The summed E-state index contributed by atoms with van der Waals surface area (Å²) in [6.07, 6.45) is 6.98. The molecule has 2 heteroatoms. The highest BCUT2D eigenvalue weighted by Crippen LogP contribution is 2.12. The molecule has 1 atom stereocenters. The highest BCUT2D eigenvalue weighted by molar-refractivity contribution is 5.47. The van der Waals surface area contributed by atoms with Crippen LogP contribution in [0.4, 0.5) is 5.69 Å². The lowest BCUT2D eigenvalue weighted by Crippen LogP contribution is -2.17. The molecule has 15 heavy (non-hydrogen) atoms. The number of anilines is 1. The molecule has 0 amide bonds. The van der Waals surface area contributed by atoms with Crippen molar-refractivity contribution in [3.63, 3.8) is 0 Å². The number of nitrogens with one attached hydrogen (secondary N) is 1. The molecular formula is C13H14N2. The van der Waals surface area contributed by atoms with Gasteiger partial charge in [0.25, 0.3) is 0 Å². The summed E-state index contributed by atoms with van der Waals surface area (Å²) in [4.78, 5) is 0. The second kappa shape index (κ2) is 5.73. The van der Waals surface area contributed by atoms with Crippen LogP contribution in [0.15, 0.2) is 24.3 Å². The molecule has 0 spiro atoms. The first-order valence-electron chi connectivity index (χ1n) is 5.00. The Kier molecular flexibility index (Phi) is 4.26. The van der Waals surface area contributed by atoms with E-state index in [-0.39, 0.29) is 0 Å². The van der Waals surface area contributed by atoms with Crippen LogP contribution in [0.5, 0.6) is 0 Å². The third-order valence-electron chi connectivity index (χ3n) is 2.24. The van der Waals surface area contributed by atoms with Gasteiger partial charge in [-0.15, -0.1) is 12.3 Å². The minimum absolute atomic E-state index is 0.308. The number of nitriles is 1. The van der Waals surface area contributed by atoms with Crippen molar-refractivity contribution in [2.75, 3.05) is 5.32 Å². The van der Waals surface area contributed by atoms with Crippen molar-refractivity contribution in [1.29, 1.82) is 5.26 Å². The van der Waals surface area contributed by atoms with Crippen molar-refractivity contribution in [2.24, 2.45) is 0 Å². The van der Waals surface area contributed by atoms with Crippen LogP contribution in [-0.2, 0) is 0 Å². The number of hydrogen-bond acceptors (Lipinski definition) is 2. The number of benzene rings is 1. The fraction of sp³-hybridized carbons (Fsp3) is 0.308. The molecule has 0 radical (unpaired) electrons. The van der Waals surface area contributed by atoms with E-state index in [1.54, 1.807) is 12.1 Å². The van der Waals surface area contributed by atoms with Crippen molar-refractivity contribution >= 4 is 5.69 Å². The highest BCUT2D eigenvalue weighted by atomic mass is 14.9. The van der Waals surface area contributed by atoms with Crippen LogP contribution in [-0.4, -0.2) is 6.04 Å². The molecule has 0 bridgehead atoms. The quantitative estimate of drug-likeness (QED) is 0.755. The molecule has 1 aromatic rings. The highest BCUT2D eigenvalue weighted by Gasteiger charge is 2.03. The Morgan fingerprint density at radius 3 is 2.53 bits per heavy atom. The fourth-order valence-corrected chi connectivity index (χ4v) is 1.32. The van der Waals surface area contributed by atoms with E-state index in [2.05, 4.69) is 24.2 Å². The molecule has 0 aliphatic rings. The fourth-order valence-electron chi connectivity index (χ4n) is 1.32. The van der Waals surface area contributed by atoms with Crippen LogP contribution in [0.25, 0.3) is 0 Å². The number of rotatable bonds is 4. The molecule has 76 valence electrons. The second-order valence-corrected chi connectivity index (χ2v) is 3.35. The third-order valence-corrected chi connectivity index (χ3v) is 2.24. The lowest BCUT2D eigenvalue weighted by atomic mass is 10.1. The van der Waals surface area contributed by atoms with Gasteiger partial charge in [0.1, 0.15) is 0 Å². The van der Waals surface area contributed by atoms with Gasteiger partial charge in [-0.05, 0) is 30.7 Å². The lowest BCUT2D eigenvalue weighted by molar-refractivity contribution is 0.716. The van der Waals surface area contributed by atoms with Gasteiger partial charge < -0.3 is 5.32 Å². The summed E-state index contributed by atoms with van der Waals surface area (Å²) < 4.78 is 0. The van der Waals surface area contributed by atoms with E-state index in [1.165, 1.54) is 0 Å². The van der Waals surface area contributed by atoms with Gasteiger partial charge in [-0.1, -0.05) is 6.92 Å². The van der Waals surface area contributed by atoms with E-state index < -0.39 is 0 Å². The minimum atomic E-state index is 0.308. The van der Waals surface area contributed by atoms with Crippen LogP contribution in [0.1, 0.15) is 25.3 Å². The number of hydrogen-bond donors (Lipinski definition) is 1. The van der Waals surface area contributed by atoms with E-state index in [4.69, 9.17) is 11.7 Å².